The van der Waals surface area contributed by atoms with Crippen LogP contribution >= 0.6 is 11.3 Å². The van der Waals surface area contributed by atoms with E-state index in [0.717, 1.165) is 40.7 Å². The van der Waals surface area contributed by atoms with Crippen LogP contribution < -0.4 is 0 Å². The third kappa shape index (κ3) is 2.92. The van der Waals surface area contributed by atoms with Gasteiger partial charge in [-0.25, -0.2) is 4.98 Å². The largest absolute Gasteiger partial charge is 0.334 e. The minimum atomic E-state index is 0.0829. The lowest BCUT2D eigenvalue weighted by atomic mass is 9.98. The molecule has 2 aromatic carbocycles. The second-order valence-corrected chi connectivity index (χ2v) is 7.61. The van der Waals surface area contributed by atoms with Gasteiger partial charge in [-0.2, -0.15) is 11.3 Å². The summed E-state index contributed by atoms with van der Waals surface area (Å²) in [7, 11) is 0. The van der Waals surface area contributed by atoms with Crippen molar-refractivity contribution in [3.8, 4) is 11.3 Å². The Labute approximate surface area is 161 Å². The number of rotatable bonds is 2. The van der Waals surface area contributed by atoms with Gasteiger partial charge in [0.1, 0.15) is 0 Å². The van der Waals surface area contributed by atoms with E-state index in [1.54, 1.807) is 11.3 Å². The van der Waals surface area contributed by atoms with Crippen molar-refractivity contribution in [1.82, 2.24) is 9.88 Å². The fraction of sp³-hybridized carbons (Fsp3) is 0.130. The molecule has 0 saturated carbocycles. The third-order valence-corrected chi connectivity index (χ3v) is 5.86. The first-order valence-electron chi connectivity index (χ1n) is 9.08. The molecule has 1 aliphatic heterocycles. The predicted octanol–water partition coefficient (Wildman–Crippen LogP) is 5.16. The van der Waals surface area contributed by atoms with Crippen molar-refractivity contribution in [3.63, 3.8) is 0 Å². The van der Waals surface area contributed by atoms with Gasteiger partial charge in [0.15, 0.2) is 0 Å². The average molecular weight is 370 g/mol. The quantitative estimate of drug-likeness (QED) is 0.488. The first-order valence-corrected chi connectivity index (χ1v) is 10.0. The number of benzene rings is 2. The molecule has 3 nitrogen and oxygen atoms in total. The van der Waals surface area contributed by atoms with Gasteiger partial charge in [0.2, 0.25) is 0 Å². The smallest absolute Gasteiger partial charge is 0.254 e. The second-order valence-electron chi connectivity index (χ2n) is 6.83. The van der Waals surface area contributed by atoms with E-state index in [4.69, 9.17) is 4.98 Å². The molecule has 2 aromatic heterocycles. The maximum absolute atomic E-state index is 13.4. The lowest BCUT2D eigenvalue weighted by molar-refractivity contribution is 0.0736. The molecule has 0 spiro atoms. The van der Waals surface area contributed by atoms with Crippen molar-refractivity contribution in [2.24, 2.45) is 0 Å². The number of aromatic nitrogens is 1. The maximum Gasteiger partial charge on any atom is 0.254 e. The molecule has 4 aromatic rings. The Morgan fingerprint density at radius 2 is 1.81 bits per heavy atom. The highest BCUT2D eigenvalue weighted by atomic mass is 32.1. The summed E-state index contributed by atoms with van der Waals surface area (Å²) in [5.74, 6) is 0.0829. The van der Waals surface area contributed by atoms with Crippen LogP contribution in [0.15, 0.2) is 71.4 Å². The topological polar surface area (TPSA) is 33.2 Å². The van der Waals surface area contributed by atoms with Crippen LogP contribution in [-0.4, -0.2) is 22.3 Å². The summed E-state index contributed by atoms with van der Waals surface area (Å²) in [4.78, 5) is 20.2. The van der Waals surface area contributed by atoms with Gasteiger partial charge in [0.25, 0.3) is 5.91 Å². The summed E-state index contributed by atoms with van der Waals surface area (Å²) < 4.78 is 0. The molecule has 0 aliphatic carbocycles. The van der Waals surface area contributed by atoms with Crippen LogP contribution in [0, 0.1) is 0 Å². The molecule has 132 valence electrons. The Morgan fingerprint density at radius 1 is 1.00 bits per heavy atom. The van der Waals surface area contributed by atoms with Crippen molar-refractivity contribution >= 4 is 28.1 Å². The summed E-state index contributed by atoms with van der Waals surface area (Å²) in [6.45, 7) is 1.42. The first-order chi connectivity index (χ1) is 13.3. The second kappa shape index (κ2) is 6.63. The van der Waals surface area contributed by atoms with E-state index in [9.17, 15) is 4.79 Å². The van der Waals surface area contributed by atoms with Crippen molar-refractivity contribution in [3.05, 3.63) is 88.1 Å². The minimum absolute atomic E-state index is 0.0829. The number of nitrogens with zero attached hydrogens (tertiary/aromatic N) is 2. The Bertz CT molecular complexity index is 1130. The Morgan fingerprint density at radius 3 is 2.67 bits per heavy atom. The zero-order valence-corrected chi connectivity index (χ0v) is 15.6. The third-order valence-electron chi connectivity index (χ3n) is 5.18. The maximum atomic E-state index is 13.4. The summed E-state index contributed by atoms with van der Waals surface area (Å²) in [5.41, 5.74) is 6.11. The zero-order chi connectivity index (χ0) is 18.2. The van der Waals surface area contributed by atoms with Gasteiger partial charge in [-0.15, -0.1) is 0 Å². The molecular formula is C23H18N2OS. The number of amides is 1. The summed E-state index contributed by atoms with van der Waals surface area (Å²) >= 11 is 1.64. The fourth-order valence-electron chi connectivity index (χ4n) is 3.75. The van der Waals surface area contributed by atoms with Crippen molar-refractivity contribution in [2.75, 3.05) is 6.54 Å². The minimum Gasteiger partial charge on any atom is -0.334 e. The highest BCUT2D eigenvalue weighted by molar-refractivity contribution is 7.08. The van der Waals surface area contributed by atoms with E-state index in [1.165, 1.54) is 11.1 Å². The van der Waals surface area contributed by atoms with Gasteiger partial charge < -0.3 is 4.90 Å². The van der Waals surface area contributed by atoms with E-state index in [2.05, 4.69) is 23.6 Å². The van der Waals surface area contributed by atoms with Crippen molar-refractivity contribution in [1.29, 1.82) is 0 Å². The fourth-order valence-corrected chi connectivity index (χ4v) is 4.40. The zero-order valence-electron chi connectivity index (χ0n) is 14.8. The highest BCUT2D eigenvalue weighted by Gasteiger charge is 2.23. The number of hydrogen-bond donors (Lipinski definition) is 0. The number of hydrogen-bond acceptors (Lipinski definition) is 3. The number of carbonyl (C=O) groups excluding carboxylic acids is 1. The molecular weight excluding hydrogens is 352 g/mol. The first kappa shape index (κ1) is 16.2. The van der Waals surface area contributed by atoms with Gasteiger partial charge >= 0.3 is 0 Å². The van der Waals surface area contributed by atoms with E-state index in [1.807, 2.05) is 52.7 Å². The van der Waals surface area contributed by atoms with Crippen LogP contribution in [-0.2, 0) is 13.0 Å². The molecule has 5 rings (SSSR count). The average Bonchev–Trinajstić information content (AvgIpc) is 3.27. The molecule has 1 amide bonds. The molecule has 0 fully saturated rings. The number of carbonyl (C=O) groups is 1. The number of para-hydroxylation sites is 1. The van der Waals surface area contributed by atoms with E-state index >= 15 is 0 Å². The SMILES string of the molecule is O=C(c1cc(-c2ccsc2)nc2ccccc12)N1CCc2ccccc2C1. The Hall–Kier alpha value is -2.98. The molecule has 27 heavy (non-hydrogen) atoms. The van der Waals surface area contributed by atoms with Crippen LogP contribution in [0.1, 0.15) is 21.5 Å². The van der Waals surface area contributed by atoms with Gasteiger partial charge in [-0.05, 0) is 41.1 Å². The molecule has 3 heterocycles. The summed E-state index contributed by atoms with van der Waals surface area (Å²) in [6.07, 6.45) is 0.905. The monoisotopic (exact) mass is 370 g/mol. The van der Waals surface area contributed by atoms with Crippen LogP contribution in [0.4, 0.5) is 0 Å². The van der Waals surface area contributed by atoms with Crippen molar-refractivity contribution in [2.45, 2.75) is 13.0 Å². The summed E-state index contributed by atoms with van der Waals surface area (Å²) in [6, 6.07) is 20.3. The molecule has 0 bridgehead atoms. The predicted molar refractivity (Wildman–Crippen MR) is 110 cm³/mol. The van der Waals surface area contributed by atoms with Gasteiger partial charge in [0, 0.05) is 29.4 Å². The Balaban J connectivity index is 1.59. The lowest BCUT2D eigenvalue weighted by Crippen LogP contribution is -2.36. The Kier molecular flexibility index (Phi) is 3.98. The van der Waals surface area contributed by atoms with Crippen molar-refractivity contribution < 1.29 is 4.79 Å². The molecule has 1 aliphatic rings. The molecule has 0 N–H and O–H groups in total. The number of pyridine rings is 1. The van der Waals surface area contributed by atoms with Crippen LogP contribution in [0.3, 0.4) is 0 Å². The number of thiophene rings is 1. The van der Waals surface area contributed by atoms with Gasteiger partial charge in [0.05, 0.1) is 16.8 Å². The van der Waals surface area contributed by atoms with Crippen LogP contribution in [0.25, 0.3) is 22.2 Å². The lowest BCUT2D eigenvalue weighted by Gasteiger charge is -2.29. The normalized spacial score (nSPS) is 13.6. The summed E-state index contributed by atoms with van der Waals surface area (Å²) in [5, 5.41) is 5.03. The van der Waals surface area contributed by atoms with Crippen LogP contribution in [0.5, 0.6) is 0 Å². The molecule has 0 atom stereocenters. The van der Waals surface area contributed by atoms with Gasteiger partial charge in [-0.3, -0.25) is 4.79 Å². The van der Waals surface area contributed by atoms with E-state index in [0.29, 0.717) is 6.54 Å². The molecule has 0 radical (unpaired) electrons. The number of fused-ring (bicyclic) bond motifs is 2. The van der Waals surface area contributed by atoms with E-state index in [-0.39, 0.29) is 5.91 Å². The molecule has 0 unspecified atom stereocenters. The van der Waals surface area contributed by atoms with Crippen LogP contribution in [0.2, 0.25) is 0 Å². The molecule has 4 heteroatoms. The standard InChI is InChI=1S/C23H18N2OS/c26-23(25-11-9-16-5-1-2-6-17(16)14-25)20-13-22(18-10-12-27-15-18)24-21-8-4-3-7-19(20)21/h1-8,10,12-13,15H,9,11,14H2. The highest BCUT2D eigenvalue weighted by Crippen LogP contribution is 2.28. The van der Waals surface area contributed by atoms with E-state index < -0.39 is 0 Å². The molecule has 0 saturated heterocycles. The van der Waals surface area contributed by atoms with Gasteiger partial charge in [-0.1, -0.05) is 42.5 Å².